The van der Waals surface area contributed by atoms with Gasteiger partial charge in [0.1, 0.15) is 11.5 Å². The van der Waals surface area contributed by atoms with Crippen molar-refractivity contribution in [3.8, 4) is 5.75 Å². The summed E-state index contributed by atoms with van der Waals surface area (Å²) in [6.45, 7) is 7.05. The van der Waals surface area contributed by atoms with E-state index in [-0.39, 0.29) is 0 Å². The number of benzene rings is 1. The lowest BCUT2D eigenvalue weighted by Crippen LogP contribution is -2.23. The predicted octanol–water partition coefficient (Wildman–Crippen LogP) is 6.22. The number of unbranched alkanes of at least 4 members (excludes halogenated alkanes) is 2. The number of hydrogen-bond acceptors (Lipinski definition) is 3. The summed E-state index contributed by atoms with van der Waals surface area (Å²) in [4.78, 5) is 0. The third-order valence-electron chi connectivity index (χ3n) is 4.29. The van der Waals surface area contributed by atoms with Gasteiger partial charge in [-0.25, -0.2) is 0 Å². The van der Waals surface area contributed by atoms with Crippen molar-refractivity contribution in [2.75, 3.05) is 13.2 Å². The number of para-hydroxylation sites is 1. The summed E-state index contributed by atoms with van der Waals surface area (Å²) in [5.41, 5.74) is 0. The molecule has 0 heterocycles. The Hall–Kier alpha value is -1.87. The molecule has 1 aromatic carbocycles. The molecule has 0 saturated heterocycles. The molecule has 0 amide bonds. The fourth-order valence-electron chi connectivity index (χ4n) is 2.76. The van der Waals surface area contributed by atoms with Gasteiger partial charge in [-0.2, -0.15) is 0 Å². The second-order valence-electron chi connectivity index (χ2n) is 6.51. The molecular weight excluding hydrogens is 348 g/mol. The van der Waals surface area contributed by atoms with Gasteiger partial charge in [-0.15, -0.1) is 0 Å². The van der Waals surface area contributed by atoms with Crippen LogP contribution in [0.5, 0.6) is 5.75 Å². The molecule has 1 aliphatic rings. The highest BCUT2D eigenvalue weighted by atomic mass is 35.5. The third-order valence-corrected chi connectivity index (χ3v) is 4.66. The Labute approximate surface area is 162 Å². The van der Waals surface area contributed by atoms with Crippen molar-refractivity contribution in [3.05, 3.63) is 67.2 Å². The molecule has 2 atom stereocenters. The average Bonchev–Trinajstić information content (AvgIpc) is 2.66. The van der Waals surface area contributed by atoms with Crippen LogP contribution in [0.25, 0.3) is 0 Å². The van der Waals surface area contributed by atoms with Gasteiger partial charge in [0.05, 0.1) is 19.5 Å². The highest BCUT2D eigenvalue weighted by molar-refractivity contribution is 6.24. The van der Waals surface area contributed by atoms with Gasteiger partial charge in [-0.05, 0) is 36.8 Å². The van der Waals surface area contributed by atoms with E-state index in [4.69, 9.17) is 25.8 Å². The van der Waals surface area contributed by atoms with Crippen LogP contribution in [0.15, 0.2) is 67.2 Å². The van der Waals surface area contributed by atoms with Crippen LogP contribution in [-0.2, 0) is 9.47 Å². The first-order valence-electron chi connectivity index (χ1n) is 9.33. The minimum atomic E-state index is -0.842. The van der Waals surface area contributed by atoms with Crippen LogP contribution in [0.3, 0.4) is 0 Å². The van der Waals surface area contributed by atoms with Gasteiger partial charge in [-0.3, -0.25) is 0 Å². The SMILES string of the molecule is C=COC1(Cl)C=CC(OCC(CCCCC)COc2ccccc2)=CC1. The Morgan fingerprint density at radius 1 is 1.19 bits per heavy atom. The normalized spacial score (nSPS) is 20.2. The fourth-order valence-corrected chi connectivity index (χ4v) is 2.96. The van der Waals surface area contributed by atoms with Crippen molar-refractivity contribution in [3.63, 3.8) is 0 Å². The molecule has 1 aliphatic carbocycles. The molecule has 0 spiro atoms. The smallest absolute Gasteiger partial charge is 0.204 e. The van der Waals surface area contributed by atoms with Crippen molar-refractivity contribution in [2.45, 2.75) is 44.1 Å². The Bertz CT molecular complexity index is 597. The van der Waals surface area contributed by atoms with Crippen LogP contribution in [0.1, 0.15) is 39.0 Å². The molecule has 142 valence electrons. The summed E-state index contributed by atoms with van der Waals surface area (Å²) in [5, 5.41) is -0.842. The lowest BCUT2D eigenvalue weighted by molar-refractivity contribution is 0.117. The quantitative estimate of drug-likeness (QED) is 0.246. The molecule has 0 bridgehead atoms. The monoisotopic (exact) mass is 376 g/mol. The van der Waals surface area contributed by atoms with Crippen LogP contribution >= 0.6 is 11.6 Å². The second-order valence-corrected chi connectivity index (χ2v) is 7.15. The van der Waals surface area contributed by atoms with Crippen LogP contribution in [0.2, 0.25) is 0 Å². The van der Waals surface area contributed by atoms with Crippen LogP contribution in [-0.4, -0.2) is 18.3 Å². The summed E-state index contributed by atoms with van der Waals surface area (Å²) in [5.74, 6) is 2.08. The van der Waals surface area contributed by atoms with E-state index in [0.29, 0.717) is 25.6 Å². The zero-order chi connectivity index (χ0) is 18.7. The number of halogens is 1. The maximum atomic E-state index is 6.30. The minimum Gasteiger partial charge on any atom is -0.494 e. The van der Waals surface area contributed by atoms with E-state index < -0.39 is 5.06 Å². The van der Waals surface area contributed by atoms with E-state index in [1.807, 2.05) is 42.5 Å². The fraction of sp³-hybridized carbons (Fsp3) is 0.455. The third kappa shape index (κ3) is 7.17. The summed E-state index contributed by atoms with van der Waals surface area (Å²) in [6, 6.07) is 9.92. The van der Waals surface area contributed by atoms with E-state index in [0.717, 1.165) is 17.9 Å². The standard InChI is InChI=1S/C22H29ClO3/c1-3-5-7-10-19(17-24-20-11-8-6-9-12-20)18-25-21-13-15-22(23,16-14-21)26-4-2/h4,6,8-9,11-15,19H,2-3,5,7,10,16-18H2,1H3. The second kappa shape index (κ2) is 11.0. The molecule has 0 fully saturated rings. The molecule has 3 nitrogen and oxygen atoms in total. The molecule has 4 heteroatoms. The van der Waals surface area contributed by atoms with Gasteiger partial charge >= 0.3 is 0 Å². The Morgan fingerprint density at radius 3 is 2.62 bits per heavy atom. The summed E-state index contributed by atoms with van der Waals surface area (Å²) < 4.78 is 17.2. The molecule has 1 aromatic rings. The van der Waals surface area contributed by atoms with E-state index >= 15 is 0 Å². The van der Waals surface area contributed by atoms with Crippen molar-refractivity contribution < 1.29 is 14.2 Å². The minimum absolute atomic E-state index is 0.350. The van der Waals surface area contributed by atoms with Crippen molar-refractivity contribution >= 4 is 11.6 Å². The lowest BCUT2D eigenvalue weighted by Gasteiger charge is -2.25. The first kappa shape index (κ1) is 20.4. The van der Waals surface area contributed by atoms with Gasteiger partial charge in [0, 0.05) is 12.3 Å². The number of rotatable bonds is 12. The molecule has 26 heavy (non-hydrogen) atoms. The largest absolute Gasteiger partial charge is 0.494 e. The highest BCUT2D eigenvalue weighted by Gasteiger charge is 2.26. The van der Waals surface area contributed by atoms with E-state index in [1.54, 1.807) is 6.08 Å². The first-order chi connectivity index (χ1) is 12.6. The lowest BCUT2D eigenvalue weighted by atomic mass is 10.0. The van der Waals surface area contributed by atoms with Crippen LogP contribution in [0.4, 0.5) is 0 Å². The molecule has 2 unspecified atom stereocenters. The van der Waals surface area contributed by atoms with Crippen LogP contribution < -0.4 is 4.74 Å². The highest BCUT2D eigenvalue weighted by Crippen LogP contribution is 2.30. The van der Waals surface area contributed by atoms with Crippen molar-refractivity contribution in [2.24, 2.45) is 5.92 Å². The van der Waals surface area contributed by atoms with Gasteiger partial charge < -0.3 is 14.2 Å². The predicted molar refractivity (Wildman–Crippen MR) is 107 cm³/mol. The molecule has 0 aliphatic heterocycles. The molecular formula is C22H29ClO3. The maximum Gasteiger partial charge on any atom is 0.204 e. The first-order valence-corrected chi connectivity index (χ1v) is 9.70. The van der Waals surface area contributed by atoms with Crippen molar-refractivity contribution in [1.29, 1.82) is 0 Å². The molecule has 0 N–H and O–H groups in total. The van der Waals surface area contributed by atoms with Gasteiger partial charge in [0.25, 0.3) is 0 Å². The van der Waals surface area contributed by atoms with E-state index in [9.17, 15) is 0 Å². The molecule has 0 saturated carbocycles. The van der Waals surface area contributed by atoms with Gasteiger partial charge in [-0.1, -0.05) is 62.6 Å². The number of hydrogen-bond donors (Lipinski definition) is 0. The average molecular weight is 377 g/mol. The van der Waals surface area contributed by atoms with Crippen LogP contribution in [0, 0.1) is 5.92 Å². The number of allylic oxidation sites excluding steroid dienone is 1. The number of ether oxygens (including phenoxy) is 3. The van der Waals surface area contributed by atoms with Gasteiger partial charge in [0.2, 0.25) is 5.06 Å². The molecule has 0 radical (unpaired) electrons. The zero-order valence-electron chi connectivity index (χ0n) is 15.5. The number of alkyl halides is 1. The van der Waals surface area contributed by atoms with E-state index in [1.165, 1.54) is 25.5 Å². The van der Waals surface area contributed by atoms with Gasteiger partial charge in [0.15, 0.2) is 0 Å². The zero-order valence-corrected chi connectivity index (χ0v) is 16.3. The Kier molecular flexibility index (Phi) is 8.63. The van der Waals surface area contributed by atoms with E-state index in [2.05, 4.69) is 13.5 Å². The summed E-state index contributed by atoms with van der Waals surface area (Å²) >= 11 is 6.30. The molecule has 0 aromatic heterocycles. The maximum absolute atomic E-state index is 6.30. The Morgan fingerprint density at radius 2 is 1.96 bits per heavy atom. The molecule has 2 rings (SSSR count). The topological polar surface area (TPSA) is 27.7 Å². The summed E-state index contributed by atoms with van der Waals surface area (Å²) in [7, 11) is 0. The Balaban J connectivity index is 1.83. The van der Waals surface area contributed by atoms with Crippen molar-refractivity contribution in [1.82, 2.24) is 0 Å². The summed E-state index contributed by atoms with van der Waals surface area (Å²) in [6.07, 6.45) is 12.3.